The normalized spacial score (nSPS) is 22.0. The summed E-state index contributed by atoms with van der Waals surface area (Å²) in [6, 6.07) is 22.1. The number of carbonyl (C=O) groups excluding carboxylic acids is 1. The number of benzene rings is 2. The first-order valence-electron chi connectivity index (χ1n) is 12.2. The minimum absolute atomic E-state index is 0.0718. The number of nitrogens with zero attached hydrogens (tertiary/aromatic N) is 3. The molecule has 2 amide bonds. The number of hydrogen-bond donors (Lipinski definition) is 2. The zero-order valence-electron chi connectivity index (χ0n) is 19.7. The molecule has 2 fully saturated rings. The maximum atomic E-state index is 13.0. The monoisotopic (exact) mass is 466 g/mol. The van der Waals surface area contributed by atoms with Crippen molar-refractivity contribution in [3.63, 3.8) is 0 Å². The van der Waals surface area contributed by atoms with Crippen molar-refractivity contribution in [2.24, 2.45) is 0 Å². The highest BCUT2D eigenvalue weighted by molar-refractivity contribution is 5.89. The fraction of sp³-hybridized carbons (Fsp3) is 0.310. The Morgan fingerprint density at radius 1 is 0.971 bits per heavy atom. The molecule has 3 heterocycles. The van der Waals surface area contributed by atoms with Gasteiger partial charge in [0.05, 0.1) is 18.5 Å². The number of fused-ring (bicyclic) bond motifs is 1. The smallest absolute Gasteiger partial charge is 0.321 e. The van der Waals surface area contributed by atoms with Gasteiger partial charge >= 0.3 is 6.03 Å². The van der Waals surface area contributed by atoms with E-state index in [1.54, 1.807) is 12.4 Å². The minimum Gasteiger partial charge on any atom is -0.395 e. The molecule has 5 rings (SSSR count). The third-order valence-electron chi connectivity index (χ3n) is 6.99. The lowest BCUT2D eigenvalue weighted by atomic mass is 9.74. The molecule has 6 nitrogen and oxygen atoms in total. The molecule has 2 saturated heterocycles. The first-order chi connectivity index (χ1) is 17.2. The van der Waals surface area contributed by atoms with Crippen molar-refractivity contribution in [3.8, 4) is 11.8 Å². The van der Waals surface area contributed by atoms with Gasteiger partial charge in [0.15, 0.2) is 0 Å². The molecule has 178 valence electrons. The van der Waals surface area contributed by atoms with Crippen LogP contribution in [-0.2, 0) is 0 Å². The number of urea groups is 1. The van der Waals surface area contributed by atoms with Crippen molar-refractivity contribution < 1.29 is 9.90 Å². The highest BCUT2D eigenvalue weighted by Gasteiger charge is 2.49. The van der Waals surface area contributed by atoms with Crippen molar-refractivity contribution in [1.82, 2.24) is 14.8 Å². The predicted octanol–water partition coefficient (Wildman–Crippen LogP) is 3.94. The first kappa shape index (κ1) is 23.1. The molecule has 0 saturated carbocycles. The van der Waals surface area contributed by atoms with Gasteiger partial charge in [0.2, 0.25) is 0 Å². The highest BCUT2D eigenvalue weighted by Crippen LogP contribution is 2.42. The van der Waals surface area contributed by atoms with Gasteiger partial charge in [-0.05, 0) is 61.3 Å². The van der Waals surface area contributed by atoms with Crippen LogP contribution in [0.5, 0.6) is 0 Å². The number of amides is 2. The second-order valence-electron chi connectivity index (χ2n) is 9.14. The van der Waals surface area contributed by atoms with E-state index in [2.05, 4.69) is 51.3 Å². The number of aromatic nitrogens is 1. The van der Waals surface area contributed by atoms with Gasteiger partial charge in [-0.25, -0.2) is 4.79 Å². The van der Waals surface area contributed by atoms with E-state index in [4.69, 9.17) is 0 Å². The lowest BCUT2D eigenvalue weighted by Crippen LogP contribution is -2.68. The lowest BCUT2D eigenvalue weighted by Gasteiger charge is -2.57. The molecule has 0 bridgehead atoms. The van der Waals surface area contributed by atoms with Crippen LogP contribution in [0.3, 0.4) is 0 Å². The summed E-state index contributed by atoms with van der Waals surface area (Å²) in [7, 11) is 0. The molecule has 0 spiro atoms. The topological polar surface area (TPSA) is 68.7 Å². The number of anilines is 1. The van der Waals surface area contributed by atoms with Gasteiger partial charge in [0.1, 0.15) is 0 Å². The summed E-state index contributed by atoms with van der Waals surface area (Å²) in [6.07, 6.45) is 5.30. The van der Waals surface area contributed by atoms with Crippen molar-refractivity contribution >= 4 is 11.7 Å². The predicted molar refractivity (Wildman–Crippen MR) is 137 cm³/mol. The summed E-state index contributed by atoms with van der Waals surface area (Å²) < 4.78 is 0. The summed E-state index contributed by atoms with van der Waals surface area (Å²) in [4.78, 5) is 21.4. The van der Waals surface area contributed by atoms with Crippen LogP contribution in [0.1, 0.15) is 35.4 Å². The largest absolute Gasteiger partial charge is 0.395 e. The Labute approximate surface area is 206 Å². The van der Waals surface area contributed by atoms with E-state index < -0.39 is 0 Å². The summed E-state index contributed by atoms with van der Waals surface area (Å²) in [5.74, 6) is 6.60. The van der Waals surface area contributed by atoms with E-state index in [1.165, 1.54) is 5.56 Å². The van der Waals surface area contributed by atoms with E-state index in [1.807, 2.05) is 47.4 Å². The lowest BCUT2D eigenvalue weighted by molar-refractivity contribution is -0.0585. The van der Waals surface area contributed by atoms with Crippen molar-refractivity contribution in [2.75, 3.05) is 31.6 Å². The number of aliphatic hydroxyl groups is 1. The van der Waals surface area contributed by atoms with Gasteiger partial charge < -0.3 is 15.3 Å². The molecule has 2 aliphatic heterocycles. The van der Waals surface area contributed by atoms with Crippen LogP contribution < -0.4 is 5.32 Å². The molecule has 35 heavy (non-hydrogen) atoms. The standard InChI is InChI=1S/C29H30N4O2/c34-21-27-28(24-14-12-23(13-15-24)11-10-22-7-2-1-3-8-22)26-20-32(17-4-5-18-33(26)27)29(35)31-25-9-6-16-30-19-25/h1-3,6-9,12-16,19,26-28,34H,4-5,17-18,20-21H2,(H,31,35)/t26-,27+,28?/m0/s1. The quantitative estimate of drug-likeness (QED) is 0.574. The maximum absolute atomic E-state index is 13.0. The van der Waals surface area contributed by atoms with Crippen LogP contribution in [0.4, 0.5) is 10.5 Å². The average molecular weight is 467 g/mol. The Bertz CT molecular complexity index is 1190. The Morgan fingerprint density at radius 2 is 1.71 bits per heavy atom. The first-order valence-corrected chi connectivity index (χ1v) is 12.2. The molecular weight excluding hydrogens is 436 g/mol. The molecule has 2 aromatic carbocycles. The number of nitrogens with one attached hydrogen (secondary N) is 1. The van der Waals surface area contributed by atoms with Crippen LogP contribution in [0.2, 0.25) is 0 Å². The molecular formula is C29H30N4O2. The molecule has 3 aromatic rings. The molecule has 2 aliphatic rings. The van der Waals surface area contributed by atoms with E-state index >= 15 is 0 Å². The maximum Gasteiger partial charge on any atom is 0.321 e. The second-order valence-corrected chi connectivity index (χ2v) is 9.14. The van der Waals surface area contributed by atoms with E-state index in [0.29, 0.717) is 12.2 Å². The van der Waals surface area contributed by atoms with Crippen LogP contribution in [0.25, 0.3) is 0 Å². The number of hydrogen-bond acceptors (Lipinski definition) is 4. The van der Waals surface area contributed by atoms with Crippen molar-refractivity contribution in [3.05, 3.63) is 95.8 Å². The summed E-state index contributed by atoms with van der Waals surface area (Å²) >= 11 is 0. The van der Waals surface area contributed by atoms with Crippen LogP contribution >= 0.6 is 0 Å². The molecule has 3 atom stereocenters. The summed E-state index contributed by atoms with van der Waals surface area (Å²) in [5, 5.41) is 13.2. The zero-order valence-corrected chi connectivity index (χ0v) is 19.7. The van der Waals surface area contributed by atoms with E-state index in [0.717, 1.165) is 37.1 Å². The number of pyridine rings is 1. The molecule has 2 N–H and O–H groups in total. The van der Waals surface area contributed by atoms with E-state index in [9.17, 15) is 9.90 Å². The zero-order chi connectivity index (χ0) is 24.0. The van der Waals surface area contributed by atoms with Gasteiger partial charge in [-0.2, -0.15) is 0 Å². The van der Waals surface area contributed by atoms with Gasteiger partial charge in [0.25, 0.3) is 0 Å². The highest BCUT2D eigenvalue weighted by atomic mass is 16.3. The van der Waals surface area contributed by atoms with Crippen molar-refractivity contribution in [1.29, 1.82) is 0 Å². The van der Waals surface area contributed by atoms with Gasteiger partial charge in [-0.1, -0.05) is 42.2 Å². The number of aliphatic hydroxyl groups excluding tert-OH is 1. The van der Waals surface area contributed by atoms with Crippen LogP contribution in [0, 0.1) is 11.8 Å². The minimum atomic E-state index is -0.0995. The van der Waals surface area contributed by atoms with Gasteiger partial charge in [0, 0.05) is 48.4 Å². The fourth-order valence-electron chi connectivity index (χ4n) is 5.22. The molecule has 0 aliphatic carbocycles. The second kappa shape index (κ2) is 10.7. The molecule has 1 unspecified atom stereocenters. The Kier molecular flexibility index (Phi) is 7.08. The van der Waals surface area contributed by atoms with Gasteiger partial charge in [-0.15, -0.1) is 0 Å². The number of carbonyl (C=O) groups is 1. The van der Waals surface area contributed by atoms with E-state index in [-0.39, 0.29) is 30.6 Å². The third kappa shape index (κ3) is 5.22. The fourth-order valence-corrected chi connectivity index (χ4v) is 5.22. The Balaban J connectivity index is 1.32. The SMILES string of the molecule is O=C(Nc1cccnc1)N1CCCCN2[C@H](CO)C(c3ccc(C#Cc4ccccc4)cc3)[C@@H]2C1. The molecule has 6 heteroatoms. The summed E-state index contributed by atoms with van der Waals surface area (Å²) in [6.45, 7) is 2.41. The average Bonchev–Trinajstić information content (AvgIpc) is 2.88. The Hall–Kier alpha value is -3.66. The molecule has 0 radical (unpaired) electrons. The van der Waals surface area contributed by atoms with Crippen molar-refractivity contribution in [2.45, 2.75) is 30.8 Å². The van der Waals surface area contributed by atoms with Crippen LogP contribution in [-0.4, -0.2) is 64.2 Å². The number of rotatable bonds is 3. The summed E-state index contributed by atoms with van der Waals surface area (Å²) in [5.41, 5.74) is 3.83. The third-order valence-corrected chi connectivity index (χ3v) is 6.99. The molecule has 1 aromatic heterocycles. The van der Waals surface area contributed by atoms with Gasteiger partial charge in [-0.3, -0.25) is 9.88 Å². The van der Waals surface area contributed by atoms with Crippen LogP contribution in [0.15, 0.2) is 79.1 Å². The Morgan fingerprint density at radius 3 is 2.43 bits per heavy atom.